The lowest BCUT2D eigenvalue weighted by Gasteiger charge is -2.43. The molecule has 15 heteroatoms. The van der Waals surface area contributed by atoms with Crippen LogP contribution in [0.3, 0.4) is 0 Å². The van der Waals surface area contributed by atoms with E-state index in [2.05, 4.69) is 15.5 Å². The van der Waals surface area contributed by atoms with Crippen molar-refractivity contribution in [1.82, 2.24) is 14.6 Å². The van der Waals surface area contributed by atoms with Crippen LogP contribution in [0.4, 0.5) is 5.13 Å². The molecule has 2 amide bonds. The van der Waals surface area contributed by atoms with Crippen molar-refractivity contribution in [1.29, 1.82) is 0 Å². The minimum Gasteiger partial charge on any atom is -0.478 e. The van der Waals surface area contributed by atoms with Gasteiger partial charge in [0.2, 0.25) is 5.60 Å². The van der Waals surface area contributed by atoms with Crippen LogP contribution < -0.4 is 11.1 Å². The topological polar surface area (TPSA) is 191 Å². The van der Waals surface area contributed by atoms with Gasteiger partial charge in [-0.05, 0) is 27.2 Å². The average Bonchev–Trinajstić information content (AvgIpc) is 3.12. The second-order valence-corrected chi connectivity index (χ2v) is 9.75. The Hall–Kier alpha value is -2.78. The van der Waals surface area contributed by atoms with Crippen molar-refractivity contribution in [2.24, 2.45) is 5.16 Å². The Kier molecular flexibility index (Phi) is 7.79. The number of aromatic nitrogens is 1. The van der Waals surface area contributed by atoms with Crippen molar-refractivity contribution >= 4 is 50.3 Å². The number of hydrogen-bond acceptors (Lipinski definition) is 11. The molecule has 1 saturated heterocycles. The predicted octanol–water partition coefficient (Wildman–Crippen LogP) is 0.0862. The minimum atomic E-state index is -4.29. The van der Waals surface area contributed by atoms with E-state index in [1.165, 1.54) is 26.2 Å². The summed E-state index contributed by atoms with van der Waals surface area (Å²) >= 11 is 1.01. The number of nitrogens with zero attached hydrogens (tertiary/aromatic N) is 3. The van der Waals surface area contributed by atoms with Crippen molar-refractivity contribution < 1.29 is 36.9 Å². The van der Waals surface area contributed by atoms with Crippen molar-refractivity contribution in [3.8, 4) is 0 Å². The summed E-state index contributed by atoms with van der Waals surface area (Å²) in [6.45, 7) is 5.67. The monoisotopic (exact) mass is 491 g/mol. The number of carbonyl (C=O) groups excluding carboxylic acids is 2. The first-order valence-corrected chi connectivity index (χ1v) is 11.8. The van der Waals surface area contributed by atoms with E-state index >= 15 is 0 Å². The summed E-state index contributed by atoms with van der Waals surface area (Å²) in [6, 6.07) is -2.10. The maximum absolute atomic E-state index is 12.8. The number of carboxylic acid groups (broad SMARTS) is 1. The van der Waals surface area contributed by atoms with E-state index in [0.717, 1.165) is 11.3 Å². The molecule has 4 N–H and O–H groups in total. The Labute approximate surface area is 188 Å². The number of oxime groups is 1. The lowest BCUT2D eigenvalue weighted by Crippen LogP contribution is -2.71. The first-order chi connectivity index (χ1) is 14.8. The number of β-lactam (4-membered cyclic amide) rings is 1. The molecule has 13 nitrogen and oxygen atoms in total. The number of carbonyl (C=O) groups is 3. The molecular weight excluding hydrogens is 466 g/mol. The van der Waals surface area contributed by atoms with Gasteiger partial charge in [0, 0.05) is 5.38 Å². The van der Waals surface area contributed by atoms with E-state index in [1.807, 2.05) is 6.92 Å². The van der Waals surface area contributed by atoms with Gasteiger partial charge in [-0.1, -0.05) is 18.5 Å². The number of aliphatic carboxylic acids is 1. The second-order valence-electron chi connectivity index (χ2n) is 7.38. The predicted molar refractivity (Wildman–Crippen MR) is 114 cm³/mol. The van der Waals surface area contributed by atoms with Gasteiger partial charge >= 0.3 is 16.3 Å². The highest BCUT2D eigenvalue weighted by Crippen LogP contribution is 2.25. The molecule has 0 saturated carbocycles. The molecule has 2 atom stereocenters. The Bertz CT molecular complexity index is 1020. The van der Waals surface area contributed by atoms with E-state index in [1.54, 1.807) is 0 Å². The van der Waals surface area contributed by atoms with E-state index in [4.69, 9.17) is 19.9 Å². The number of nitrogens with two attached hydrogens (primary N) is 1. The fourth-order valence-electron chi connectivity index (χ4n) is 2.47. The Balaban J connectivity index is 2.18. The molecule has 1 aliphatic heterocycles. The van der Waals surface area contributed by atoms with Crippen LogP contribution in [0.25, 0.3) is 0 Å². The molecule has 1 aliphatic rings. The van der Waals surface area contributed by atoms with Crippen LogP contribution in [-0.4, -0.2) is 70.6 Å². The van der Waals surface area contributed by atoms with E-state index in [9.17, 15) is 22.8 Å². The third kappa shape index (κ3) is 5.52. The number of thiazole rings is 1. The van der Waals surface area contributed by atoms with Gasteiger partial charge in [-0.2, -0.15) is 8.42 Å². The van der Waals surface area contributed by atoms with Crippen LogP contribution in [0.1, 0.15) is 46.2 Å². The van der Waals surface area contributed by atoms with Gasteiger partial charge in [0.05, 0.1) is 12.6 Å². The van der Waals surface area contributed by atoms with Crippen molar-refractivity contribution in [2.75, 3.05) is 12.3 Å². The van der Waals surface area contributed by atoms with E-state index in [0.29, 0.717) is 17.1 Å². The summed E-state index contributed by atoms with van der Waals surface area (Å²) in [6.07, 6.45) is 1.21. The van der Waals surface area contributed by atoms with Crippen molar-refractivity contribution in [2.45, 2.75) is 58.2 Å². The lowest BCUT2D eigenvalue weighted by atomic mass is 10.0. The normalized spacial score (nSPS) is 19.4. The zero-order chi connectivity index (χ0) is 24.3. The van der Waals surface area contributed by atoms with Gasteiger partial charge in [0.1, 0.15) is 11.7 Å². The van der Waals surface area contributed by atoms with Crippen LogP contribution in [0, 0.1) is 0 Å². The minimum absolute atomic E-state index is 0.00186. The number of amides is 2. The fraction of sp³-hybridized carbons (Fsp3) is 0.588. The molecule has 178 valence electrons. The summed E-state index contributed by atoms with van der Waals surface area (Å²) < 4.78 is 29.8. The molecule has 0 aliphatic carbocycles. The molecular formula is C17H25N5O8S2. The molecule has 0 unspecified atom stereocenters. The van der Waals surface area contributed by atoms with E-state index in [-0.39, 0.29) is 17.4 Å². The van der Waals surface area contributed by atoms with Gasteiger partial charge in [-0.3, -0.25) is 13.8 Å². The number of hydrogen-bond donors (Lipinski definition) is 3. The Morgan fingerprint density at radius 3 is 2.59 bits per heavy atom. The smallest absolute Gasteiger partial charge is 0.365 e. The van der Waals surface area contributed by atoms with Crippen molar-refractivity contribution in [3.05, 3.63) is 11.1 Å². The number of carboxylic acids is 1. The van der Waals surface area contributed by atoms with Gasteiger partial charge in [-0.15, -0.1) is 11.3 Å². The van der Waals surface area contributed by atoms with Crippen LogP contribution in [0.15, 0.2) is 10.5 Å². The quantitative estimate of drug-likeness (QED) is 0.165. The SMILES string of the molecule is CCCCOS(=O)(=O)N1C(=O)[C@@H](NC(=O)/C(=N\OC(C)(C)C(=O)O)c2csc(N)n2)[C@@H]1C. The number of rotatable bonds is 11. The summed E-state index contributed by atoms with van der Waals surface area (Å²) in [4.78, 5) is 45.4. The lowest BCUT2D eigenvalue weighted by molar-refractivity contribution is -0.161. The van der Waals surface area contributed by atoms with Crippen LogP contribution in [0.2, 0.25) is 0 Å². The standard InChI is InChI=1S/C17H25N5O8S2/c1-5-6-7-29-32(27,28)22-9(2)11(14(22)24)20-13(23)12(10-8-31-16(18)19-10)21-30-17(3,4)15(25)26/h8-9,11H,5-7H2,1-4H3,(H2,18,19)(H,20,23)(H,25,26)/b21-12-/t9-,11-/m0/s1. The summed E-state index contributed by atoms with van der Waals surface area (Å²) in [5, 5.41) is 16.7. The zero-order valence-electron chi connectivity index (χ0n) is 17.9. The Morgan fingerprint density at radius 2 is 2.09 bits per heavy atom. The molecule has 0 spiro atoms. The average molecular weight is 492 g/mol. The van der Waals surface area contributed by atoms with Gasteiger partial charge in [0.15, 0.2) is 10.8 Å². The molecule has 0 radical (unpaired) electrons. The summed E-state index contributed by atoms with van der Waals surface area (Å²) in [7, 11) is -4.29. The molecule has 1 fully saturated rings. The van der Waals surface area contributed by atoms with E-state index < -0.39 is 51.5 Å². The molecule has 1 aromatic heterocycles. The van der Waals surface area contributed by atoms with Crippen LogP contribution in [-0.2, 0) is 33.7 Å². The molecule has 2 rings (SSSR count). The third-order valence-corrected chi connectivity index (χ3v) is 6.59. The number of anilines is 1. The highest BCUT2D eigenvalue weighted by Gasteiger charge is 2.52. The maximum atomic E-state index is 12.8. The second kappa shape index (κ2) is 9.79. The largest absolute Gasteiger partial charge is 0.478 e. The molecule has 1 aromatic rings. The number of nitrogens with one attached hydrogen (secondary N) is 1. The first-order valence-electron chi connectivity index (χ1n) is 9.56. The van der Waals surface area contributed by atoms with Crippen LogP contribution in [0.5, 0.6) is 0 Å². The zero-order valence-corrected chi connectivity index (χ0v) is 19.5. The number of nitrogen functional groups attached to an aromatic ring is 1. The third-order valence-electron chi connectivity index (χ3n) is 4.45. The first kappa shape index (κ1) is 25.5. The summed E-state index contributed by atoms with van der Waals surface area (Å²) in [5.74, 6) is -3.14. The fourth-order valence-corrected chi connectivity index (χ4v) is 4.32. The molecule has 32 heavy (non-hydrogen) atoms. The maximum Gasteiger partial charge on any atom is 0.365 e. The van der Waals surface area contributed by atoms with Crippen LogP contribution >= 0.6 is 11.3 Å². The highest BCUT2D eigenvalue weighted by atomic mass is 32.2. The highest BCUT2D eigenvalue weighted by molar-refractivity contribution is 7.85. The summed E-state index contributed by atoms with van der Waals surface area (Å²) in [5.41, 5.74) is 3.41. The molecule has 0 bridgehead atoms. The van der Waals surface area contributed by atoms with Crippen molar-refractivity contribution in [3.63, 3.8) is 0 Å². The molecule has 0 aromatic carbocycles. The number of unbranched alkanes of at least 4 members (excludes halogenated alkanes) is 1. The Morgan fingerprint density at radius 1 is 1.44 bits per heavy atom. The van der Waals surface area contributed by atoms with Gasteiger partial charge in [0.25, 0.3) is 11.8 Å². The molecule has 2 heterocycles. The van der Waals surface area contributed by atoms with Gasteiger partial charge < -0.3 is 21.0 Å². The van der Waals surface area contributed by atoms with Gasteiger partial charge in [-0.25, -0.2) is 14.1 Å².